The summed E-state index contributed by atoms with van der Waals surface area (Å²) < 4.78 is 2.88. The van der Waals surface area contributed by atoms with Gasteiger partial charge in [0.25, 0.3) is 11.1 Å². The fourth-order valence-electron chi connectivity index (χ4n) is 5.00. The molecule has 12 nitrogen and oxygen atoms in total. The molecule has 0 saturated carbocycles. The highest BCUT2D eigenvalue weighted by atomic mass is 16.3. The number of carbonyl (C=O) groups is 2. The van der Waals surface area contributed by atoms with E-state index in [2.05, 4.69) is 21.1 Å². The molecule has 2 heterocycles. The molecule has 0 atom stereocenters. The van der Waals surface area contributed by atoms with Crippen LogP contribution in [0.25, 0.3) is 27.5 Å². The number of rotatable bonds is 6. The number of aromatic hydroxyl groups is 2. The number of aromatic nitrogens is 2. The van der Waals surface area contributed by atoms with E-state index in [4.69, 9.17) is 0 Å². The fraction of sp³-hybridized carbons (Fsp3) is 0.125. The number of hydrazone groups is 2. The van der Waals surface area contributed by atoms with Crippen LogP contribution in [-0.4, -0.2) is 42.6 Å². The largest absolute Gasteiger partial charge is 0.506 e. The van der Waals surface area contributed by atoms with Crippen LogP contribution in [0.15, 0.2) is 98.7 Å². The van der Waals surface area contributed by atoms with E-state index >= 15 is 0 Å². The summed E-state index contributed by atoms with van der Waals surface area (Å²) in [6.45, 7) is 4.92. The molecule has 0 aliphatic heterocycles. The monoisotopic (exact) mass is 592 g/mol. The molecule has 5 rings (SSSR count). The molecule has 2 amide bonds. The van der Waals surface area contributed by atoms with Crippen LogP contribution in [0.5, 0.6) is 11.5 Å². The predicted octanol–water partition coefficient (Wildman–Crippen LogP) is 3.12. The Morgan fingerprint density at radius 1 is 0.682 bits per heavy atom. The smallest absolute Gasteiger partial charge is 0.331 e. The first-order valence-corrected chi connectivity index (χ1v) is 13.6. The second-order valence-electron chi connectivity index (χ2n) is 9.78. The lowest BCUT2D eigenvalue weighted by atomic mass is 10.1. The molecule has 2 aromatic heterocycles. The van der Waals surface area contributed by atoms with Gasteiger partial charge in [-0.3, -0.25) is 23.7 Å². The van der Waals surface area contributed by atoms with Crippen LogP contribution in [-0.2, 0) is 16.1 Å². The van der Waals surface area contributed by atoms with Crippen molar-refractivity contribution in [1.29, 1.82) is 0 Å². The lowest BCUT2D eigenvalue weighted by Crippen LogP contribution is -2.37. The Balaban J connectivity index is 1.41. The number of carbonyl (C=O) groups excluding carboxylic acids is 2. The number of amides is 2. The van der Waals surface area contributed by atoms with Gasteiger partial charge < -0.3 is 14.8 Å². The number of hydrogen-bond acceptors (Lipinski definition) is 8. The summed E-state index contributed by atoms with van der Waals surface area (Å²) in [5, 5.41) is 30.3. The van der Waals surface area contributed by atoms with Gasteiger partial charge in [-0.15, -0.1) is 0 Å². The summed E-state index contributed by atoms with van der Waals surface area (Å²) in [7, 11) is 0. The van der Waals surface area contributed by atoms with E-state index in [9.17, 15) is 29.4 Å². The number of benzene rings is 3. The fourth-order valence-corrected chi connectivity index (χ4v) is 5.00. The zero-order valence-electron chi connectivity index (χ0n) is 24.0. The molecule has 0 aliphatic rings. The maximum atomic E-state index is 13.6. The quantitative estimate of drug-likeness (QED) is 0.134. The van der Waals surface area contributed by atoms with Gasteiger partial charge in [0, 0.05) is 23.0 Å². The van der Waals surface area contributed by atoms with E-state index in [1.807, 2.05) is 6.07 Å². The average molecular weight is 593 g/mol. The summed E-state index contributed by atoms with van der Waals surface area (Å²) in [6, 6.07) is 22.5. The van der Waals surface area contributed by atoms with Crippen molar-refractivity contribution in [1.82, 2.24) is 20.0 Å². The number of pyridine rings is 2. The molecule has 12 heteroatoms. The Hall–Kier alpha value is -6.04. The molecular weight excluding hydrogens is 564 g/mol. The minimum absolute atomic E-state index is 0.0242. The summed E-state index contributed by atoms with van der Waals surface area (Å²) in [5.74, 6) is -3.07. The van der Waals surface area contributed by atoms with E-state index in [-0.39, 0.29) is 34.0 Å². The van der Waals surface area contributed by atoms with E-state index in [0.717, 1.165) is 0 Å². The van der Waals surface area contributed by atoms with Gasteiger partial charge in [0.1, 0.15) is 22.6 Å². The average Bonchev–Trinajstić information content (AvgIpc) is 3.03. The Morgan fingerprint density at radius 2 is 1.14 bits per heavy atom. The van der Waals surface area contributed by atoms with Crippen LogP contribution in [0.4, 0.5) is 0 Å². The number of hydrogen-bond donors (Lipinski definition) is 4. The minimum Gasteiger partial charge on any atom is -0.506 e. The predicted molar refractivity (Wildman–Crippen MR) is 167 cm³/mol. The molecule has 0 fully saturated rings. The van der Waals surface area contributed by atoms with Crippen LogP contribution < -0.4 is 22.0 Å². The summed E-state index contributed by atoms with van der Waals surface area (Å²) in [5.41, 5.74) is 4.23. The van der Waals surface area contributed by atoms with Gasteiger partial charge in [-0.25, -0.2) is 10.9 Å². The maximum Gasteiger partial charge on any atom is 0.331 e. The van der Waals surface area contributed by atoms with Crippen molar-refractivity contribution in [2.45, 2.75) is 27.3 Å². The SMILES string of the molecule is CCn1c(=O)c(/C(C)=N\NC(=O)C(=O)N/N=C(/C)c2c(O)c3ccccc3n(-c3ccccc3)c2=O)c(O)c2ccccc21. The van der Waals surface area contributed by atoms with Crippen molar-refractivity contribution in [3.8, 4) is 17.2 Å². The van der Waals surface area contributed by atoms with Gasteiger partial charge in [-0.1, -0.05) is 42.5 Å². The van der Waals surface area contributed by atoms with Crippen molar-refractivity contribution in [3.63, 3.8) is 0 Å². The van der Waals surface area contributed by atoms with Gasteiger partial charge in [0.15, 0.2) is 0 Å². The van der Waals surface area contributed by atoms with Crippen LogP contribution in [0, 0.1) is 0 Å². The molecule has 44 heavy (non-hydrogen) atoms. The number of nitrogens with zero attached hydrogens (tertiary/aromatic N) is 4. The highest BCUT2D eigenvalue weighted by Gasteiger charge is 2.21. The van der Waals surface area contributed by atoms with Gasteiger partial charge >= 0.3 is 11.8 Å². The van der Waals surface area contributed by atoms with Crippen LogP contribution in [0.3, 0.4) is 0 Å². The van der Waals surface area contributed by atoms with E-state index < -0.39 is 22.9 Å². The molecule has 222 valence electrons. The first-order chi connectivity index (χ1) is 21.1. The zero-order valence-corrected chi connectivity index (χ0v) is 24.0. The lowest BCUT2D eigenvalue weighted by molar-refractivity contribution is -0.139. The Bertz CT molecular complexity index is 2130. The third-order valence-electron chi connectivity index (χ3n) is 7.11. The van der Waals surface area contributed by atoms with E-state index in [1.165, 1.54) is 23.0 Å². The first kappa shape index (κ1) is 29.5. The van der Waals surface area contributed by atoms with Crippen molar-refractivity contribution >= 4 is 45.0 Å². The molecule has 0 radical (unpaired) electrons. The van der Waals surface area contributed by atoms with Crippen molar-refractivity contribution in [3.05, 3.63) is 111 Å². The molecule has 3 aromatic carbocycles. The molecule has 4 N–H and O–H groups in total. The normalized spacial score (nSPS) is 12.0. The summed E-state index contributed by atoms with van der Waals surface area (Å²) in [4.78, 5) is 51.7. The van der Waals surface area contributed by atoms with Gasteiger partial charge in [0.05, 0.1) is 22.5 Å². The van der Waals surface area contributed by atoms with Crippen molar-refractivity contribution in [2.24, 2.45) is 10.2 Å². The molecule has 0 saturated heterocycles. The summed E-state index contributed by atoms with van der Waals surface area (Å²) in [6.07, 6.45) is 0. The lowest BCUT2D eigenvalue weighted by Gasteiger charge is -2.15. The number of nitrogens with one attached hydrogen (secondary N) is 2. The maximum absolute atomic E-state index is 13.6. The van der Waals surface area contributed by atoms with Gasteiger partial charge in [-0.2, -0.15) is 10.2 Å². The summed E-state index contributed by atoms with van der Waals surface area (Å²) >= 11 is 0. The standard InChI is InChI=1S/C32H28N6O6/c1-4-37-23-16-10-8-14-21(23)27(39)25(31(37)43)18(2)33-35-29(41)30(42)36-34-19(3)26-28(40)22-15-9-11-17-24(22)38(32(26)44)20-12-6-5-7-13-20/h5-17,39-40H,4H2,1-3H3,(H,35,41)(H,36,42)/b33-18-,34-19-. The second-order valence-corrected chi connectivity index (χ2v) is 9.78. The Labute approximate surface area is 250 Å². The molecule has 0 aliphatic carbocycles. The van der Waals surface area contributed by atoms with Crippen LogP contribution >= 0.6 is 0 Å². The zero-order chi connectivity index (χ0) is 31.5. The Morgan fingerprint density at radius 3 is 1.68 bits per heavy atom. The highest BCUT2D eigenvalue weighted by Crippen LogP contribution is 2.29. The van der Waals surface area contributed by atoms with E-state index in [0.29, 0.717) is 34.0 Å². The van der Waals surface area contributed by atoms with Gasteiger partial charge in [0.2, 0.25) is 0 Å². The Kier molecular flexibility index (Phi) is 8.07. The van der Waals surface area contributed by atoms with Crippen molar-refractivity contribution < 1.29 is 19.8 Å². The third kappa shape index (κ3) is 5.20. The number of aryl methyl sites for hydroxylation is 1. The third-order valence-corrected chi connectivity index (χ3v) is 7.11. The van der Waals surface area contributed by atoms with Crippen LogP contribution in [0.2, 0.25) is 0 Å². The first-order valence-electron chi connectivity index (χ1n) is 13.6. The number of fused-ring (bicyclic) bond motifs is 2. The van der Waals surface area contributed by atoms with E-state index in [1.54, 1.807) is 79.7 Å². The molecule has 0 spiro atoms. The molecule has 0 bridgehead atoms. The van der Waals surface area contributed by atoms with Crippen molar-refractivity contribution in [2.75, 3.05) is 0 Å². The molecule has 5 aromatic rings. The topological polar surface area (TPSA) is 167 Å². The second kappa shape index (κ2) is 12.1. The number of para-hydroxylation sites is 3. The molecular formula is C32H28N6O6. The molecule has 0 unspecified atom stereocenters. The van der Waals surface area contributed by atoms with Crippen LogP contribution in [0.1, 0.15) is 31.9 Å². The minimum atomic E-state index is -1.22. The highest BCUT2D eigenvalue weighted by molar-refractivity contribution is 6.35. The van der Waals surface area contributed by atoms with Gasteiger partial charge in [-0.05, 0) is 57.2 Å².